The maximum Gasteiger partial charge on any atom is 0.247 e. The van der Waals surface area contributed by atoms with Crippen LogP contribution in [0.15, 0.2) is 48.4 Å². The summed E-state index contributed by atoms with van der Waals surface area (Å²) < 4.78 is 19.8. The molecule has 1 amide bonds. The zero-order valence-electron chi connectivity index (χ0n) is 21.5. The largest absolute Gasteiger partial charge is 0.482 e. The molecule has 1 saturated heterocycles. The van der Waals surface area contributed by atoms with Gasteiger partial charge in [-0.1, -0.05) is 12.2 Å². The number of nitrogens with one attached hydrogen (secondary N) is 2. The molecule has 8 nitrogen and oxygen atoms in total. The van der Waals surface area contributed by atoms with Gasteiger partial charge in [-0.25, -0.2) is 9.37 Å². The molecule has 1 saturated carbocycles. The van der Waals surface area contributed by atoms with Gasteiger partial charge < -0.3 is 20.3 Å². The highest BCUT2D eigenvalue weighted by atomic mass is 19.1. The molecule has 0 radical (unpaired) electrons. The SMILES string of the molecule is COC1=C(c2cc(F)cc(CNCC(=O)c3cc(N4CCC(C#N)(C5CC5)C4=O)cc(C)n3)c2)C=CCN1. The number of methoxy groups -OCH3 is 1. The van der Waals surface area contributed by atoms with E-state index in [9.17, 15) is 19.2 Å². The number of pyridine rings is 1. The van der Waals surface area contributed by atoms with Crippen LogP contribution >= 0.6 is 0 Å². The van der Waals surface area contributed by atoms with Gasteiger partial charge in [0, 0.05) is 36.6 Å². The number of rotatable bonds is 9. The highest BCUT2D eigenvalue weighted by molar-refractivity contribution is 6.03. The normalized spacial score (nSPS) is 20.9. The van der Waals surface area contributed by atoms with Gasteiger partial charge in [-0.2, -0.15) is 5.26 Å². The number of halogens is 1. The zero-order valence-corrected chi connectivity index (χ0v) is 21.5. The molecule has 9 heteroatoms. The van der Waals surface area contributed by atoms with E-state index in [0.29, 0.717) is 47.9 Å². The molecule has 1 atom stereocenters. The van der Waals surface area contributed by atoms with Crippen LogP contribution < -0.4 is 15.5 Å². The number of allylic oxidation sites excluding steroid dienone is 2. The summed E-state index contributed by atoms with van der Waals surface area (Å²) in [7, 11) is 1.56. The number of carbonyl (C=O) groups is 2. The number of nitriles is 1. The van der Waals surface area contributed by atoms with Gasteiger partial charge in [0.15, 0.2) is 11.7 Å². The van der Waals surface area contributed by atoms with Gasteiger partial charge in [0.05, 0.1) is 19.7 Å². The minimum Gasteiger partial charge on any atom is -0.482 e. The van der Waals surface area contributed by atoms with Crippen LogP contribution in [0.1, 0.15) is 46.6 Å². The second kappa shape index (κ2) is 10.4. The molecule has 196 valence electrons. The van der Waals surface area contributed by atoms with Crippen LogP contribution in [0.2, 0.25) is 0 Å². The van der Waals surface area contributed by atoms with Gasteiger partial charge in [0.25, 0.3) is 0 Å². The number of hydrogen-bond donors (Lipinski definition) is 2. The Morgan fingerprint density at radius 3 is 2.87 bits per heavy atom. The Morgan fingerprint density at radius 1 is 1.32 bits per heavy atom. The number of aryl methyl sites for hydroxylation is 1. The van der Waals surface area contributed by atoms with Crippen molar-refractivity contribution in [3.05, 3.63) is 76.7 Å². The number of benzene rings is 1. The third kappa shape index (κ3) is 4.92. The monoisotopic (exact) mass is 515 g/mol. The minimum absolute atomic E-state index is 0.00658. The van der Waals surface area contributed by atoms with E-state index in [4.69, 9.17) is 4.74 Å². The molecule has 2 fully saturated rings. The van der Waals surface area contributed by atoms with Crippen molar-refractivity contribution in [2.24, 2.45) is 11.3 Å². The number of hydrogen-bond acceptors (Lipinski definition) is 7. The number of dihydropyridines is 1. The number of carbonyl (C=O) groups excluding carboxylic acids is 2. The Morgan fingerprint density at radius 2 is 2.13 bits per heavy atom. The van der Waals surface area contributed by atoms with E-state index in [2.05, 4.69) is 21.7 Å². The Balaban J connectivity index is 1.27. The van der Waals surface area contributed by atoms with Crippen molar-refractivity contribution in [2.45, 2.75) is 32.7 Å². The van der Waals surface area contributed by atoms with E-state index in [1.807, 2.05) is 18.2 Å². The van der Waals surface area contributed by atoms with Gasteiger partial charge in [0.1, 0.15) is 16.9 Å². The first-order chi connectivity index (χ1) is 18.3. The fourth-order valence-corrected chi connectivity index (χ4v) is 5.31. The molecule has 3 heterocycles. The van der Waals surface area contributed by atoms with Gasteiger partial charge in [0.2, 0.25) is 5.91 Å². The first kappa shape index (κ1) is 25.6. The van der Waals surface area contributed by atoms with E-state index < -0.39 is 5.41 Å². The topological polar surface area (TPSA) is 107 Å². The second-order valence-corrected chi connectivity index (χ2v) is 10.0. The highest BCUT2D eigenvalue weighted by Gasteiger charge is 2.56. The van der Waals surface area contributed by atoms with Gasteiger partial charge in [-0.15, -0.1) is 0 Å². The molecule has 2 aromatic rings. The first-order valence-corrected chi connectivity index (χ1v) is 12.8. The van der Waals surface area contributed by atoms with E-state index >= 15 is 0 Å². The van der Waals surface area contributed by atoms with Crippen LogP contribution in [0, 0.1) is 35.4 Å². The van der Waals surface area contributed by atoms with Crippen molar-refractivity contribution in [1.82, 2.24) is 15.6 Å². The van der Waals surface area contributed by atoms with E-state index in [1.165, 1.54) is 12.1 Å². The summed E-state index contributed by atoms with van der Waals surface area (Å²) in [4.78, 5) is 32.2. The van der Waals surface area contributed by atoms with Crippen LogP contribution in [-0.4, -0.2) is 43.4 Å². The number of anilines is 1. The average molecular weight is 516 g/mol. The summed E-state index contributed by atoms with van der Waals surface area (Å²) in [5.41, 5.74) is 2.62. The van der Waals surface area contributed by atoms with Crippen LogP contribution in [0.3, 0.4) is 0 Å². The Labute approximate surface area is 221 Å². The molecule has 38 heavy (non-hydrogen) atoms. The Hall–Kier alpha value is -4.03. The molecule has 1 aromatic heterocycles. The molecule has 3 aliphatic rings. The first-order valence-electron chi connectivity index (χ1n) is 12.8. The molecular formula is C29H30FN5O3. The highest BCUT2D eigenvalue weighted by Crippen LogP contribution is 2.51. The summed E-state index contributed by atoms with van der Waals surface area (Å²) in [6, 6.07) is 10.4. The summed E-state index contributed by atoms with van der Waals surface area (Å²) in [5.74, 6) is -0.0944. The van der Waals surface area contributed by atoms with Crippen molar-refractivity contribution in [3.8, 4) is 6.07 Å². The molecule has 0 spiro atoms. The van der Waals surface area contributed by atoms with Crippen molar-refractivity contribution in [3.63, 3.8) is 0 Å². The molecule has 0 bridgehead atoms. The number of amides is 1. The quantitative estimate of drug-likeness (QED) is 0.491. The van der Waals surface area contributed by atoms with Crippen molar-refractivity contribution >= 4 is 23.0 Å². The fraction of sp³-hybridized carbons (Fsp3) is 0.379. The van der Waals surface area contributed by atoms with E-state index in [1.54, 1.807) is 31.1 Å². The summed E-state index contributed by atoms with van der Waals surface area (Å²) in [5, 5.41) is 16.0. The summed E-state index contributed by atoms with van der Waals surface area (Å²) in [6.45, 7) is 3.13. The van der Waals surface area contributed by atoms with Crippen LogP contribution in [0.25, 0.3) is 5.57 Å². The van der Waals surface area contributed by atoms with Crippen LogP contribution in [0.5, 0.6) is 0 Å². The van der Waals surface area contributed by atoms with Crippen molar-refractivity contribution in [1.29, 1.82) is 5.26 Å². The predicted molar refractivity (Wildman–Crippen MR) is 140 cm³/mol. The van der Waals surface area contributed by atoms with Gasteiger partial charge in [-0.05, 0) is 73.6 Å². The second-order valence-electron chi connectivity index (χ2n) is 10.0. The molecular weight excluding hydrogens is 485 g/mol. The molecule has 1 unspecified atom stereocenters. The molecule has 5 rings (SSSR count). The number of ketones is 1. The smallest absolute Gasteiger partial charge is 0.247 e. The average Bonchev–Trinajstić information content (AvgIpc) is 3.71. The summed E-state index contributed by atoms with van der Waals surface area (Å²) in [6.07, 6.45) is 6.14. The lowest BCUT2D eigenvalue weighted by molar-refractivity contribution is -0.123. The lowest BCUT2D eigenvalue weighted by Gasteiger charge is -2.21. The molecule has 1 aromatic carbocycles. The zero-order chi connectivity index (χ0) is 26.9. The predicted octanol–water partition coefficient (Wildman–Crippen LogP) is 3.63. The molecule has 1 aliphatic carbocycles. The number of aromatic nitrogens is 1. The van der Waals surface area contributed by atoms with Crippen molar-refractivity contribution < 1.29 is 18.7 Å². The maximum absolute atomic E-state index is 14.4. The van der Waals surface area contributed by atoms with Gasteiger partial charge >= 0.3 is 0 Å². The van der Waals surface area contributed by atoms with E-state index in [0.717, 1.165) is 18.4 Å². The summed E-state index contributed by atoms with van der Waals surface area (Å²) >= 11 is 0. The third-order valence-corrected chi connectivity index (χ3v) is 7.36. The van der Waals surface area contributed by atoms with Crippen LogP contribution in [-0.2, 0) is 16.1 Å². The standard InChI is InChI=1S/C29H30FN5O3/c1-18-10-23(35-9-7-29(17-31,28(35)37)21-5-6-21)14-25(34-18)26(36)16-32-15-19-11-20(13-22(30)12-19)24-4-3-8-33-27(24)38-2/h3-4,10-14,21,32-33H,5-9,15-16H2,1-2H3. The Kier molecular flexibility index (Phi) is 7.00. The maximum atomic E-state index is 14.4. The van der Waals surface area contributed by atoms with Crippen molar-refractivity contribution in [2.75, 3.05) is 31.6 Å². The number of ether oxygens (including phenoxy) is 1. The fourth-order valence-electron chi connectivity index (χ4n) is 5.31. The number of nitrogens with zero attached hydrogens (tertiary/aromatic N) is 3. The van der Waals surface area contributed by atoms with Crippen LogP contribution in [0.4, 0.5) is 10.1 Å². The number of Topliss-reactive ketones (excluding diaryl/α,β-unsaturated/α-hetero) is 1. The van der Waals surface area contributed by atoms with Gasteiger partial charge in [-0.3, -0.25) is 9.59 Å². The Bertz CT molecular complexity index is 1390. The minimum atomic E-state index is -0.948. The molecule has 2 aliphatic heterocycles. The lowest BCUT2D eigenvalue weighted by Crippen LogP contribution is -2.35. The molecule has 2 N–H and O–H groups in total. The van der Waals surface area contributed by atoms with E-state index in [-0.39, 0.29) is 42.2 Å². The third-order valence-electron chi connectivity index (χ3n) is 7.36. The lowest BCUT2D eigenvalue weighted by atomic mass is 9.83.